The van der Waals surface area contributed by atoms with Crippen LogP contribution in [0.2, 0.25) is 0 Å². The molecule has 0 saturated carbocycles. The van der Waals surface area contributed by atoms with Crippen molar-refractivity contribution in [2.75, 3.05) is 20.6 Å². The van der Waals surface area contributed by atoms with Crippen LogP contribution in [0.1, 0.15) is 28.1 Å². The number of rotatable bonds is 1. The second-order valence-electron chi connectivity index (χ2n) is 6.11. The molecule has 5 heteroatoms. The number of benzene rings is 1. The van der Waals surface area contributed by atoms with E-state index < -0.39 is 18.5 Å². The van der Waals surface area contributed by atoms with Gasteiger partial charge in [0.1, 0.15) is 6.10 Å². The van der Waals surface area contributed by atoms with Gasteiger partial charge in [0.05, 0.1) is 18.6 Å². The van der Waals surface area contributed by atoms with Gasteiger partial charge in [0.15, 0.2) is 11.5 Å². The molecule has 4 nitrogen and oxygen atoms in total. The van der Waals surface area contributed by atoms with Gasteiger partial charge in [0, 0.05) is 22.6 Å². The first-order valence-corrected chi connectivity index (χ1v) is 7.34. The quantitative estimate of drug-likeness (QED) is 0.608. The number of halogens is 1. The monoisotopic (exact) mass is 371 g/mol. The van der Waals surface area contributed by atoms with Gasteiger partial charge in [-0.15, -0.1) is 17.0 Å². The van der Waals surface area contributed by atoms with Crippen LogP contribution in [0.25, 0.3) is 0 Å². The summed E-state index contributed by atoms with van der Waals surface area (Å²) in [5.41, 5.74) is 1.60. The molecule has 0 aromatic heterocycles. The summed E-state index contributed by atoms with van der Waals surface area (Å²) in [6.45, 7) is -1.32. The third-order valence-corrected chi connectivity index (χ3v) is 4.96. The summed E-state index contributed by atoms with van der Waals surface area (Å²) in [6.07, 6.45) is 4.24. The summed E-state index contributed by atoms with van der Waals surface area (Å²) in [5.74, 6) is 1.36. The molecule has 0 unspecified atom stereocenters. The largest absolute Gasteiger partial charge is 0.493 e. The molecule has 1 N–H and O–H groups in total. The maximum absolute atomic E-state index is 10.0. The number of nitrogens with zero attached hydrogens (tertiary/aromatic N) is 1. The van der Waals surface area contributed by atoms with Gasteiger partial charge in [-0.3, -0.25) is 0 Å². The molecule has 120 valence electrons. The molecule has 22 heavy (non-hydrogen) atoms. The minimum absolute atomic E-state index is 0. The standard InChI is InChI=1S/C17H21NO3.BrH/c1-18-8-7-17-6-5-12(19)9-14(17)21-16-13(20-2)4-3-11(10-18)15(16)17;/h3-6,12,14,19H,7-10H2,1-2H3;1H/t12-,14-,17-;/m1./s1/i1+1D3;. The number of aliphatic hydroxyl groups is 1. The molecule has 3 atom stereocenters. The van der Waals surface area contributed by atoms with Crippen molar-refractivity contribution in [3.8, 4) is 11.5 Å². The van der Waals surface area contributed by atoms with Crippen molar-refractivity contribution in [2.24, 2.45) is 0 Å². The van der Waals surface area contributed by atoms with Crippen molar-refractivity contribution in [3.05, 3.63) is 35.4 Å². The zero-order valence-corrected chi connectivity index (χ0v) is 14.1. The molecule has 0 amide bonds. The Hall–Kier alpha value is -1.04. The van der Waals surface area contributed by atoms with Crippen LogP contribution in [0, 0.1) is 0 Å². The molecule has 0 fully saturated rings. The zero-order valence-electron chi connectivity index (χ0n) is 15.4. The molecule has 0 radical (unpaired) electrons. The molecule has 1 spiro atoms. The lowest BCUT2D eigenvalue weighted by Crippen LogP contribution is -2.42. The number of aliphatic hydroxyl groups excluding tert-OH is 1. The van der Waals surface area contributed by atoms with Gasteiger partial charge in [-0.25, -0.2) is 0 Å². The molecular weight excluding hydrogens is 347 g/mol. The van der Waals surface area contributed by atoms with Crippen LogP contribution in [0.15, 0.2) is 24.3 Å². The fraction of sp³-hybridized carbons (Fsp3) is 0.529. The fourth-order valence-corrected chi connectivity index (χ4v) is 3.94. The summed E-state index contributed by atoms with van der Waals surface area (Å²) in [7, 11) is 1.60. The van der Waals surface area contributed by atoms with Crippen molar-refractivity contribution in [2.45, 2.75) is 37.0 Å². The van der Waals surface area contributed by atoms with E-state index in [1.165, 1.54) is 4.90 Å². The molecule has 3 aliphatic rings. The highest BCUT2D eigenvalue weighted by molar-refractivity contribution is 8.93. The van der Waals surface area contributed by atoms with E-state index in [-0.39, 0.29) is 23.1 Å². The summed E-state index contributed by atoms with van der Waals surface area (Å²) >= 11 is 0. The minimum Gasteiger partial charge on any atom is -0.493 e. The van der Waals surface area contributed by atoms with Crippen LogP contribution < -0.4 is 9.47 Å². The highest BCUT2D eigenvalue weighted by Gasteiger charge is 2.52. The van der Waals surface area contributed by atoms with E-state index in [9.17, 15) is 5.11 Å². The molecular formula is C17H22BrNO3. The highest BCUT2D eigenvalue weighted by atomic mass is 79.9. The first kappa shape index (κ1) is 12.4. The topological polar surface area (TPSA) is 41.9 Å². The highest BCUT2D eigenvalue weighted by Crippen LogP contribution is 2.55. The summed E-state index contributed by atoms with van der Waals surface area (Å²) < 4.78 is 35.0. The van der Waals surface area contributed by atoms with Gasteiger partial charge in [0.25, 0.3) is 0 Å². The Morgan fingerprint density at radius 3 is 3.14 bits per heavy atom. The van der Waals surface area contributed by atoms with Gasteiger partial charge >= 0.3 is 0 Å². The summed E-state index contributed by atoms with van der Waals surface area (Å²) in [5, 5.41) is 10.0. The fourth-order valence-electron chi connectivity index (χ4n) is 3.94. The first-order valence-electron chi connectivity index (χ1n) is 8.84. The predicted octanol–water partition coefficient (Wildman–Crippen LogP) is 2.43. The van der Waals surface area contributed by atoms with Gasteiger partial charge in [0.2, 0.25) is 0 Å². The lowest BCUT2D eigenvalue weighted by atomic mass is 9.69. The molecule has 2 heterocycles. The molecule has 1 aromatic carbocycles. The molecule has 0 bridgehead atoms. The SMILES string of the molecule is Br.[2H][13C]([2H])([2H])N1CC[C@]23C=C[C@@H](O)C[C@H]2Oc2c(OC)ccc(c23)C1. The Kier molecular flexibility index (Phi) is 3.13. The summed E-state index contributed by atoms with van der Waals surface area (Å²) in [4.78, 5) is 1.54. The Morgan fingerprint density at radius 2 is 2.36 bits per heavy atom. The van der Waals surface area contributed by atoms with E-state index >= 15 is 0 Å². The van der Waals surface area contributed by atoms with Gasteiger partial charge < -0.3 is 19.5 Å². The maximum atomic E-state index is 10.0. The smallest absolute Gasteiger partial charge is 0.166 e. The van der Waals surface area contributed by atoms with Gasteiger partial charge in [-0.2, -0.15) is 0 Å². The van der Waals surface area contributed by atoms with Gasteiger partial charge in [-0.1, -0.05) is 18.2 Å². The molecule has 1 aliphatic carbocycles. The van der Waals surface area contributed by atoms with E-state index in [0.29, 0.717) is 37.4 Å². The van der Waals surface area contributed by atoms with E-state index in [2.05, 4.69) is 0 Å². The van der Waals surface area contributed by atoms with Crippen molar-refractivity contribution in [1.82, 2.24) is 4.90 Å². The molecule has 2 aliphatic heterocycles. The van der Waals surface area contributed by atoms with Crippen molar-refractivity contribution in [3.63, 3.8) is 0 Å². The number of ether oxygens (including phenoxy) is 2. The van der Waals surface area contributed by atoms with E-state index in [4.69, 9.17) is 13.6 Å². The Morgan fingerprint density at radius 1 is 1.50 bits per heavy atom. The Labute approximate surface area is 145 Å². The number of methoxy groups -OCH3 is 1. The average Bonchev–Trinajstić information content (AvgIpc) is 2.74. The van der Waals surface area contributed by atoms with Crippen LogP contribution in [0.5, 0.6) is 11.5 Å². The van der Waals surface area contributed by atoms with E-state index in [1.54, 1.807) is 7.11 Å². The van der Waals surface area contributed by atoms with Crippen LogP contribution in [0.4, 0.5) is 0 Å². The van der Waals surface area contributed by atoms with Crippen LogP contribution in [-0.2, 0) is 12.0 Å². The maximum Gasteiger partial charge on any atom is 0.166 e. The number of hydrogen-bond acceptors (Lipinski definition) is 4. The van der Waals surface area contributed by atoms with Crippen molar-refractivity contribution in [1.29, 1.82) is 0 Å². The van der Waals surface area contributed by atoms with Crippen molar-refractivity contribution < 1.29 is 18.7 Å². The predicted molar refractivity (Wildman–Crippen MR) is 90.1 cm³/mol. The van der Waals surface area contributed by atoms with Gasteiger partial charge in [-0.05, 0) is 31.6 Å². The lowest BCUT2D eigenvalue weighted by molar-refractivity contribution is 0.0821. The second-order valence-corrected chi connectivity index (χ2v) is 6.11. The third kappa shape index (κ3) is 2.10. The Balaban J connectivity index is 0.00000182. The summed E-state index contributed by atoms with van der Waals surface area (Å²) in [6, 6.07) is 3.77. The first-order chi connectivity index (χ1) is 11.3. The van der Waals surface area contributed by atoms with E-state index in [0.717, 1.165) is 11.1 Å². The third-order valence-electron chi connectivity index (χ3n) is 4.96. The van der Waals surface area contributed by atoms with Crippen LogP contribution in [0.3, 0.4) is 0 Å². The Bertz CT molecular complexity index is 709. The van der Waals surface area contributed by atoms with E-state index in [1.807, 2.05) is 24.3 Å². The lowest BCUT2D eigenvalue weighted by Gasteiger charge is -2.35. The molecule has 1 aromatic rings. The normalized spacial score (nSPS) is 34.9. The second kappa shape index (κ2) is 5.55. The van der Waals surface area contributed by atoms with Crippen LogP contribution in [-0.4, -0.2) is 42.8 Å². The molecule has 0 saturated heterocycles. The average molecular weight is 372 g/mol. The molecule has 4 rings (SSSR count). The minimum atomic E-state index is -2.13. The van der Waals surface area contributed by atoms with Crippen LogP contribution >= 0.6 is 17.0 Å². The number of hydrogen-bond donors (Lipinski definition) is 1. The van der Waals surface area contributed by atoms with Crippen molar-refractivity contribution >= 4 is 17.0 Å². The zero-order chi connectivity index (χ0) is 17.1.